The molecule has 1 aromatic rings. The maximum atomic E-state index is 13.6. The molecule has 2 heterocycles. The Hall–Kier alpha value is -1.23. The average molecular weight is 196 g/mol. The summed E-state index contributed by atoms with van der Waals surface area (Å²) in [4.78, 5) is 9.73. The zero-order valence-electron chi connectivity index (χ0n) is 8.13. The van der Waals surface area contributed by atoms with Gasteiger partial charge in [0.05, 0.1) is 5.69 Å². The normalized spacial score (nSPS) is 17.1. The van der Waals surface area contributed by atoms with Crippen LogP contribution in [-0.2, 0) is 0 Å². The maximum Gasteiger partial charge on any atom is 0.186 e. The molecule has 1 fully saturated rings. The molecule has 0 radical (unpaired) electrons. The topological polar surface area (TPSA) is 41.1 Å². The second-order valence-electron chi connectivity index (χ2n) is 3.33. The molecule has 1 saturated heterocycles. The molecule has 0 aromatic carbocycles. The minimum atomic E-state index is -0.297. The van der Waals surface area contributed by atoms with Gasteiger partial charge in [-0.15, -0.1) is 0 Å². The molecule has 1 N–H and O–H groups in total. The van der Waals surface area contributed by atoms with E-state index in [1.54, 1.807) is 6.92 Å². The number of hydrogen-bond donors (Lipinski definition) is 1. The largest absolute Gasteiger partial charge is 0.352 e. The highest BCUT2D eigenvalue weighted by atomic mass is 19.1. The van der Waals surface area contributed by atoms with Crippen molar-refractivity contribution in [1.82, 2.24) is 15.3 Å². The van der Waals surface area contributed by atoms with Gasteiger partial charge in [-0.25, -0.2) is 14.4 Å². The average Bonchev–Trinajstić information content (AvgIpc) is 2.23. The SMILES string of the molecule is Cc1ncnc(N2CCNCC2)c1F. The first-order valence-corrected chi connectivity index (χ1v) is 4.72. The van der Waals surface area contributed by atoms with Crippen LogP contribution in [0.4, 0.5) is 10.2 Å². The van der Waals surface area contributed by atoms with Crippen LogP contribution in [0.25, 0.3) is 0 Å². The molecule has 0 aliphatic carbocycles. The summed E-state index contributed by atoms with van der Waals surface area (Å²) in [5.41, 5.74) is 0.411. The van der Waals surface area contributed by atoms with Crippen LogP contribution in [0.15, 0.2) is 6.33 Å². The summed E-state index contributed by atoms with van der Waals surface area (Å²) in [5, 5.41) is 3.21. The molecule has 1 aromatic heterocycles. The van der Waals surface area contributed by atoms with E-state index in [4.69, 9.17) is 0 Å². The summed E-state index contributed by atoms with van der Waals surface area (Å²) in [6.45, 7) is 5.01. The van der Waals surface area contributed by atoms with Crippen LogP contribution < -0.4 is 10.2 Å². The monoisotopic (exact) mass is 196 g/mol. The number of piperazine rings is 1. The first-order valence-electron chi connectivity index (χ1n) is 4.72. The molecule has 0 amide bonds. The molecule has 0 bridgehead atoms. The first-order chi connectivity index (χ1) is 6.79. The molecular formula is C9H13FN4. The van der Waals surface area contributed by atoms with Crippen LogP contribution in [0.5, 0.6) is 0 Å². The van der Waals surface area contributed by atoms with Crippen LogP contribution in [0.2, 0.25) is 0 Å². The van der Waals surface area contributed by atoms with E-state index in [2.05, 4.69) is 15.3 Å². The van der Waals surface area contributed by atoms with E-state index in [9.17, 15) is 4.39 Å². The number of aryl methyl sites for hydroxylation is 1. The van der Waals surface area contributed by atoms with Gasteiger partial charge in [-0.1, -0.05) is 0 Å². The van der Waals surface area contributed by atoms with Crippen LogP contribution in [-0.4, -0.2) is 36.1 Å². The number of nitrogens with zero attached hydrogens (tertiary/aromatic N) is 3. The summed E-state index contributed by atoms with van der Waals surface area (Å²) in [6.07, 6.45) is 1.41. The van der Waals surface area contributed by atoms with Gasteiger partial charge in [-0.2, -0.15) is 0 Å². The van der Waals surface area contributed by atoms with Gasteiger partial charge in [-0.3, -0.25) is 0 Å². The van der Waals surface area contributed by atoms with Gasteiger partial charge in [0, 0.05) is 26.2 Å². The Bertz CT molecular complexity index is 323. The number of aromatic nitrogens is 2. The van der Waals surface area contributed by atoms with Crippen molar-refractivity contribution in [2.24, 2.45) is 0 Å². The lowest BCUT2D eigenvalue weighted by Crippen LogP contribution is -2.44. The standard InChI is InChI=1S/C9H13FN4/c1-7-8(10)9(13-6-12-7)14-4-2-11-3-5-14/h6,11H,2-5H2,1H3. The zero-order chi connectivity index (χ0) is 9.97. The molecule has 0 atom stereocenters. The third kappa shape index (κ3) is 1.68. The highest BCUT2D eigenvalue weighted by molar-refractivity contribution is 5.41. The van der Waals surface area contributed by atoms with E-state index in [0.717, 1.165) is 26.2 Å². The van der Waals surface area contributed by atoms with Gasteiger partial charge >= 0.3 is 0 Å². The lowest BCUT2D eigenvalue weighted by Gasteiger charge is -2.28. The number of hydrogen-bond acceptors (Lipinski definition) is 4. The molecule has 2 rings (SSSR count). The van der Waals surface area contributed by atoms with Gasteiger partial charge in [0.15, 0.2) is 11.6 Å². The van der Waals surface area contributed by atoms with Crippen molar-refractivity contribution in [2.75, 3.05) is 31.1 Å². The van der Waals surface area contributed by atoms with Gasteiger partial charge in [0.25, 0.3) is 0 Å². The minimum absolute atomic E-state index is 0.297. The molecule has 4 nitrogen and oxygen atoms in total. The third-order valence-electron chi connectivity index (χ3n) is 2.36. The van der Waals surface area contributed by atoms with Gasteiger partial charge in [-0.05, 0) is 6.92 Å². The molecule has 0 spiro atoms. The summed E-state index contributed by atoms with van der Waals surface area (Å²) >= 11 is 0. The number of nitrogens with one attached hydrogen (secondary N) is 1. The van der Waals surface area contributed by atoms with Gasteiger partial charge in [0.2, 0.25) is 0 Å². The van der Waals surface area contributed by atoms with Crippen LogP contribution in [0.3, 0.4) is 0 Å². The molecule has 5 heteroatoms. The number of rotatable bonds is 1. The van der Waals surface area contributed by atoms with Crippen molar-refractivity contribution in [2.45, 2.75) is 6.92 Å². The van der Waals surface area contributed by atoms with E-state index < -0.39 is 0 Å². The second kappa shape index (κ2) is 3.88. The maximum absolute atomic E-state index is 13.6. The molecule has 0 saturated carbocycles. The molecule has 76 valence electrons. The fraction of sp³-hybridized carbons (Fsp3) is 0.556. The van der Waals surface area contributed by atoms with Crippen molar-refractivity contribution in [3.63, 3.8) is 0 Å². The van der Waals surface area contributed by atoms with Gasteiger partial charge < -0.3 is 10.2 Å². The fourth-order valence-corrected chi connectivity index (χ4v) is 1.54. The molecule has 1 aliphatic heterocycles. The van der Waals surface area contributed by atoms with E-state index in [1.165, 1.54) is 6.33 Å². The van der Waals surface area contributed by atoms with Crippen LogP contribution >= 0.6 is 0 Å². The summed E-state index contributed by atoms with van der Waals surface area (Å²) in [6, 6.07) is 0. The Morgan fingerprint density at radius 1 is 1.36 bits per heavy atom. The van der Waals surface area contributed by atoms with Crippen molar-refractivity contribution >= 4 is 5.82 Å². The molecule has 0 unspecified atom stereocenters. The lowest BCUT2D eigenvalue weighted by atomic mass is 10.3. The summed E-state index contributed by atoms with van der Waals surface area (Å²) in [5.74, 6) is 0.133. The van der Waals surface area contributed by atoms with Crippen LogP contribution in [0, 0.1) is 12.7 Å². The minimum Gasteiger partial charge on any atom is -0.352 e. The highest BCUT2D eigenvalue weighted by Crippen LogP contribution is 2.17. The van der Waals surface area contributed by atoms with Crippen molar-refractivity contribution in [3.05, 3.63) is 17.8 Å². The van der Waals surface area contributed by atoms with Crippen molar-refractivity contribution in [3.8, 4) is 0 Å². The molecule has 1 aliphatic rings. The van der Waals surface area contributed by atoms with E-state index >= 15 is 0 Å². The predicted molar refractivity (Wildman–Crippen MR) is 51.8 cm³/mol. The second-order valence-corrected chi connectivity index (χ2v) is 3.33. The van der Waals surface area contributed by atoms with Crippen molar-refractivity contribution in [1.29, 1.82) is 0 Å². The smallest absolute Gasteiger partial charge is 0.186 e. The Morgan fingerprint density at radius 3 is 2.79 bits per heavy atom. The highest BCUT2D eigenvalue weighted by Gasteiger charge is 2.17. The summed E-state index contributed by atoms with van der Waals surface area (Å²) < 4.78 is 13.6. The Morgan fingerprint density at radius 2 is 2.07 bits per heavy atom. The lowest BCUT2D eigenvalue weighted by molar-refractivity contribution is 0.551. The Balaban J connectivity index is 2.26. The molecule has 14 heavy (non-hydrogen) atoms. The van der Waals surface area contributed by atoms with Gasteiger partial charge in [0.1, 0.15) is 6.33 Å². The predicted octanol–water partition coefficient (Wildman–Crippen LogP) is 0.334. The van der Waals surface area contributed by atoms with E-state index in [1.807, 2.05) is 4.90 Å². The third-order valence-corrected chi connectivity index (χ3v) is 2.36. The number of anilines is 1. The molecular weight excluding hydrogens is 183 g/mol. The first kappa shape index (κ1) is 9.33. The Labute approximate surface area is 82.2 Å². The quantitative estimate of drug-likeness (QED) is 0.703. The van der Waals surface area contributed by atoms with E-state index in [-0.39, 0.29) is 5.82 Å². The number of halogens is 1. The van der Waals surface area contributed by atoms with Crippen molar-refractivity contribution < 1.29 is 4.39 Å². The summed E-state index contributed by atoms with van der Waals surface area (Å²) in [7, 11) is 0. The van der Waals surface area contributed by atoms with Crippen LogP contribution in [0.1, 0.15) is 5.69 Å². The fourth-order valence-electron chi connectivity index (χ4n) is 1.54. The zero-order valence-corrected chi connectivity index (χ0v) is 8.13. The Kier molecular flexibility index (Phi) is 2.58. The van der Waals surface area contributed by atoms with E-state index in [0.29, 0.717) is 11.5 Å².